The van der Waals surface area contributed by atoms with Crippen LogP contribution in [0.3, 0.4) is 0 Å². The summed E-state index contributed by atoms with van der Waals surface area (Å²) < 4.78 is 0. The molecule has 1 amide bonds. The molecule has 0 aromatic carbocycles. The Bertz CT molecular complexity index is 337. The van der Waals surface area contributed by atoms with Gasteiger partial charge in [-0.3, -0.25) is 4.79 Å². The predicted molar refractivity (Wildman–Crippen MR) is 66.1 cm³/mol. The van der Waals surface area contributed by atoms with Gasteiger partial charge in [0.1, 0.15) is 0 Å². The Morgan fingerprint density at radius 1 is 1.50 bits per heavy atom. The SMILES string of the molecule is NC(=O)[C@@H]1CCCC[C@H]1NCc1ccsc1. The number of primary amides is 1. The molecule has 16 heavy (non-hydrogen) atoms. The van der Waals surface area contributed by atoms with Crippen LogP contribution in [0.25, 0.3) is 0 Å². The average Bonchev–Trinajstić information content (AvgIpc) is 2.79. The zero-order valence-corrected chi connectivity index (χ0v) is 10.1. The molecule has 3 nitrogen and oxygen atoms in total. The summed E-state index contributed by atoms with van der Waals surface area (Å²) in [5.74, 6) is -0.130. The fraction of sp³-hybridized carbons (Fsp3) is 0.583. The lowest BCUT2D eigenvalue weighted by Gasteiger charge is -2.30. The first-order valence-corrected chi connectivity index (χ1v) is 6.75. The number of nitrogens with one attached hydrogen (secondary N) is 1. The van der Waals surface area contributed by atoms with Crippen molar-refractivity contribution in [2.24, 2.45) is 11.7 Å². The van der Waals surface area contributed by atoms with E-state index in [2.05, 4.69) is 22.1 Å². The van der Waals surface area contributed by atoms with E-state index in [4.69, 9.17) is 5.73 Å². The predicted octanol–water partition coefficient (Wildman–Crippen LogP) is 1.88. The van der Waals surface area contributed by atoms with Gasteiger partial charge in [-0.1, -0.05) is 12.8 Å². The molecule has 1 heterocycles. The fourth-order valence-electron chi connectivity index (χ4n) is 2.36. The maximum absolute atomic E-state index is 11.3. The molecule has 1 aliphatic carbocycles. The molecule has 0 radical (unpaired) electrons. The minimum absolute atomic E-state index is 0.0207. The van der Waals surface area contributed by atoms with Gasteiger partial charge in [0.15, 0.2) is 0 Å². The smallest absolute Gasteiger partial charge is 0.222 e. The summed E-state index contributed by atoms with van der Waals surface area (Å²) in [6, 6.07) is 2.38. The highest BCUT2D eigenvalue weighted by Crippen LogP contribution is 2.24. The zero-order valence-electron chi connectivity index (χ0n) is 9.32. The Balaban J connectivity index is 1.89. The van der Waals surface area contributed by atoms with Crippen LogP contribution in [0.2, 0.25) is 0 Å². The van der Waals surface area contributed by atoms with Crippen molar-refractivity contribution in [3.05, 3.63) is 22.4 Å². The molecule has 0 spiro atoms. The summed E-state index contributed by atoms with van der Waals surface area (Å²) in [7, 11) is 0. The van der Waals surface area contributed by atoms with E-state index < -0.39 is 0 Å². The van der Waals surface area contributed by atoms with E-state index in [0.29, 0.717) is 0 Å². The van der Waals surface area contributed by atoms with Crippen LogP contribution >= 0.6 is 11.3 Å². The van der Waals surface area contributed by atoms with Crippen LogP contribution in [0.5, 0.6) is 0 Å². The molecule has 0 bridgehead atoms. The number of hydrogen-bond donors (Lipinski definition) is 2. The number of rotatable bonds is 4. The van der Waals surface area contributed by atoms with E-state index in [1.165, 1.54) is 12.0 Å². The van der Waals surface area contributed by atoms with E-state index in [0.717, 1.165) is 25.8 Å². The second-order valence-corrected chi connectivity index (χ2v) is 5.19. The number of thiophene rings is 1. The number of nitrogens with two attached hydrogens (primary N) is 1. The second-order valence-electron chi connectivity index (χ2n) is 4.41. The lowest BCUT2D eigenvalue weighted by molar-refractivity contribution is -0.123. The van der Waals surface area contributed by atoms with Crippen LogP contribution in [0.15, 0.2) is 16.8 Å². The standard InChI is InChI=1S/C12H18N2OS/c13-12(15)10-3-1-2-4-11(10)14-7-9-5-6-16-8-9/h5-6,8,10-11,14H,1-4,7H2,(H2,13,15)/t10-,11-/m1/s1. The number of amides is 1. The van der Waals surface area contributed by atoms with Gasteiger partial charge >= 0.3 is 0 Å². The third-order valence-electron chi connectivity index (χ3n) is 3.28. The Hall–Kier alpha value is -0.870. The second kappa shape index (κ2) is 5.46. The first kappa shape index (κ1) is 11.6. The van der Waals surface area contributed by atoms with Crippen LogP contribution in [0.4, 0.5) is 0 Å². The van der Waals surface area contributed by atoms with Crippen molar-refractivity contribution >= 4 is 17.2 Å². The molecular formula is C12H18N2OS. The Kier molecular flexibility index (Phi) is 3.96. The van der Waals surface area contributed by atoms with Gasteiger partial charge in [-0.2, -0.15) is 11.3 Å². The zero-order chi connectivity index (χ0) is 11.4. The minimum atomic E-state index is -0.150. The molecule has 2 rings (SSSR count). The van der Waals surface area contributed by atoms with Gasteiger partial charge in [-0.05, 0) is 35.2 Å². The minimum Gasteiger partial charge on any atom is -0.369 e. The van der Waals surface area contributed by atoms with E-state index in [9.17, 15) is 4.79 Å². The van der Waals surface area contributed by atoms with Crippen molar-refractivity contribution in [1.29, 1.82) is 0 Å². The first-order valence-electron chi connectivity index (χ1n) is 5.81. The van der Waals surface area contributed by atoms with Gasteiger partial charge < -0.3 is 11.1 Å². The Labute approximate surface area is 100 Å². The Morgan fingerprint density at radius 3 is 3.00 bits per heavy atom. The van der Waals surface area contributed by atoms with E-state index >= 15 is 0 Å². The van der Waals surface area contributed by atoms with Gasteiger partial charge in [0, 0.05) is 12.6 Å². The van der Waals surface area contributed by atoms with Gasteiger partial charge in [0.25, 0.3) is 0 Å². The van der Waals surface area contributed by atoms with Crippen LogP contribution in [0.1, 0.15) is 31.2 Å². The van der Waals surface area contributed by atoms with E-state index in [1.54, 1.807) is 11.3 Å². The van der Waals surface area contributed by atoms with Gasteiger partial charge in [-0.25, -0.2) is 0 Å². The molecule has 1 aliphatic rings. The molecule has 1 aromatic heterocycles. The van der Waals surface area contributed by atoms with Crippen molar-refractivity contribution in [1.82, 2.24) is 5.32 Å². The number of hydrogen-bond acceptors (Lipinski definition) is 3. The highest BCUT2D eigenvalue weighted by molar-refractivity contribution is 7.07. The summed E-state index contributed by atoms with van der Waals surface area (Å²) in [5.41, 5.74) is 6.72. The van der Waals surface area contributed by atoms with Crippen molar-refractivity contribution in [2.45, 2.75) is 38.3 Å². The highest BCUT2D eigenvalue weighted by Gasteiger charge is 2.28. The van der Waals surface area contributed by atoms with Crippen molar-refractivity contribution in [2.75, 3.05) is 0 Å². The molecule has 0 aliphatic heterocycles. The molecule has 1 saturated carbocycles. The number of carbonyl (C=O) groups is 1. The molecule has 0 unspecified atom stereocenters. The molecule has 1 aromatic rings. The molecule has 1 fully saturated rings. The lowest BCUT2D eigenvalue weighted by Crippen LogP contribution is -2.44. The molecule has 3 N–H and O–H groups in total. The summed E-state index contributed by atoms with van der Waals surface area (Å²) in [5, 5.41) is 7.67. The Morgan fingerprint density at radius 2 is 2.31 bits per heavy atom. The van der Waals surface area contributed by atoms with Crippen molar-refractivity contribution in [3.8, 4) is 0 Å². The lowest BCUT2D eigenvalue weighted by atomic mass is 9.84. The maximum atomic E-state index is 11.3. The summed E-state index contributed by atoms with van der Waals surface area (Å²) >= 11 is 1.70. The largest absolute Gasteiger partial charge is 0.369 e. The first-order chi connectivity index (χ1) is 7.77. The van der Waals surface area contributed by atoms with Gasteiger partial charge in [-0.15, -0.1) is 0 Å². The fourth-order valence-corrected chi connectivity index (χ4v) is 3.03. The van der Waals surface area contributed by atoms with Gasteiger partial charge in [0.05, 0.1) is 5.92 Å². The van der Waals surface area contributed by atoms with Crippen LogP contribution in [0, 0.1) is 5.92 Å². The average molecular weight is 238 g/mol. The summed E-state index contributed by atoms with van der Waals surface area (Å²) in [4.78, 5) is 11.3. The summed E-state index contributed by atoms with van der Waals surface area (Å²) in [6.45, 7) is 0.845. The van der Waals surface area contributed by atoms with Gasteiger partial charge in [0.2, 0.25) is 5.91 Å². The summed E-state index contributed by atoms with van der Waals surface area (Å²) in [6.07, 6.45) is 4.34. The van der Waals surface area contributed by atoms with E-state index in [-0.39, 0.29) is 17.9 Å². The molecule has 4 heteroatoms. The van der Waals surface area contributed by atoms with Crippen molar-refractivity contribution in [3.63, 3.8) is 0 Å². The normalized spacial score (nSPS) is 25.5. The van der Waals surface area contributed by atoms with Crippen LogP contribution in [-0.4, -0.2) is 11.9 Å². The van der Waals surface area contributed by atoms with Crippen LogP contribution < -0.4 is 11.1 Å². The molecule has 2 atom stereocenters. The quantitative estimate of drug-likeness (QED) is 0.841. The monoisotopic (exact) mass is 238 g/mol. The van der Waals surface area contributed by atoms with Crippen LogP contribution in [-0.2, 0) is 11.3 Å². The third kappa shape index (κ3) is 2.83. The molecule has 88 valence electrons. The van der Waals surface area contributed by atoms with E-state index in [1.807, 2.05) is 0 Å². The highest BCUT2D eigenvalue weighted by atomic mass is 32.1. The molecule has 0 saturated heterocycles. The maximum Gasteiger partial charge on any atom is 0.222 e. The number of carbonyl (C=O) groups excluding carboxylic acids is 1. The third-order valence-corrected chi connectivity index (χ3v) is 4.01. The molecular weight excluding hydrogens is 220 g/mol. The van der Waals surface area contributed by atoms with Crippen molar-refractivity contribution < 1.29 is 4.79 Å². The topological polar surface area (TPSA) is 55.1 Å².